The number of benzene rings is 2. The molecule has 9 nitrogen and oxygen atoms in total. The van der Waals surface area contributed by atoms with E-state index in [0.29, 0.717) is 16.5 Å². The average molecular weight is 396 g/mol. The number of nitrogens with one attached hydrogen (secondary N) is 1. The van der Waals surface area contributed by atoms with E-state index >= 15 is 0 Å². The molecular weight excluding hydrogens is 380 g/mol. The van der Waals surface area contributed by atoms with Crippen LogP contribution in [0.4, 0.5) is 5.69 Å². The summed E-state index contributed by atoms with van der Waals surface area (Å²) in [5.74, 6) is -1.37. The summed E-state index contributed by atoms with van der Waals surface area (Å²) in [4.78, 5) is 45.9. The molecule has 9 heteroatoms. The van der Waals surface area contributed by atoms with Gasteiger partial charge < -0.3 is 14.5 Å². The average Bonchev–Trinajstić information content (AvgIpc) is 2.69. The van der Waals surface area contributed by atoms with E-state index in [1.807, 2.05) is 13.0 Å². The Labute approximate surface area is 164 Å². The third kappa shape index (κ3) is 4.83. The lowest BCUT2D eigenvalue weighted by Crippen LogP contribution is -2.30. The van der Waals surface area contributed by atoms with Gasteiger partial charge in [0, 0.05) is 34.7 Å². The van der Waals surface area contributed by atoms with Crippen molar-refractivity contribution in [2.24, 2.45) is 0 Å². The Morgan fingerprint density at radius 1 is 1.17 bits per heavy atom. The normalized spacial score (nSPS) is 10.5. The van der Waals surface area contributed by atoms with Crippen LogP contribution < -0.4 is 10.9 Å². The fraction of sp³-hybridized carbons (Fsp3) is 0.150. The molecule has 1 N–H and O–H groups in total. The predicted octanol–water partition coefficient (Wildman–Crippen LogP) is 2.48. The molecule has 0 unspecified atom stereocenters. The maximum atomic E-state index is 12.1. The summed E-state index contributed by atoms with van der Waals surface area (Å²) >= 11 is 0. The summed E-state index contributed by atoms with van der Waals surface area (Å²) in [6.07, 6.45) is 0. The van der Waals surface area contributed by atoms with E-state index in [4.69, 9.17) is 9.15 Å². The summed E-state index contributed by atoms with van der Waals surface area (Å²) < 4.78 is 10.3. The van der Waals surface area contributed by atoms with Crippen molar-refractivity contribution in [2.45, 2.75) is 13.5 Å². The molecule has 0 saturated heterocycles. The Hall–Kier alpha value is -4.01. The summed E-state index contributed by atoms with van der Waals surface area (Å²) in [5, 5.41) is 13.8. The fourth-order valence-electron chi connectivity index (χ4n) is 2.68. The maximum Gasteiger partial charge on any atom is 0.336 e. The van der Waals surface area contributed by atoms with Crippen molar-refractivity contribution in [3.63, 3.8) is 0 Å². The molecule has 0 aliphatic rings. The predicted molar refractivity (Wildman–Crippen MR) is 102 cm³/mol. The molecule has 1 heterocycles. The van der Waals surface area contributed by atoms with E-state index in [1.165, 1.54) is 24.3 Å². The SMILES string of the molecule is Cc1ccc2c(COC(=O)CNC(=O)c3cccc([N+](=O)[O-])c3)cc(=O)oc2c1. The van der Waals surface area contributed by atoms with Gasteiger partial charge in [-0.1, -0.05) is 18.2 Å². The van der Waals surface area contributed by atoms with Crippen LogP contribution in [0.1, 0.15) is 21.5 Å². The third-order valence-electron chi connectivity index (χ3n) is 4.09. The minimum Gasteiger partial charge on any atom is -0.459 e. The van der Waals surface area contributed by atoms with Gasteiger partial charge in [-0.2, -0.15) is 0 Å². The highest BCUT2D eigenvalue weighted by molar-refractivity contribution is 5.96. The number of nitro benzene ring substituents is 1. The van der Waals surface area contributed by atoms with Gasteiger partial charge in [0.1, 0.15) is 18.7 Å². The third-order valence-corrected chi connectivity index (χ3v) is 4.09. The monoisotopic (exact) mass is 396 g/mol. The van der Waals surface area contributed by atoms with Crippen molar-refractivity contribution in [1.82, 2.24) is 5.32 Å². The molecule has 3 aromatic rings. The highest BCUT2D eigenvalue weighted by Gasteiger charge is 2.14. The number of nitrogens with zero attached hydrogens (tertiary/aromatic N) is 1. The number of esters is 1. The number of hydrogen-bond donors (Lipinski definition) is 1. The highest BCUT2D eigenvalue weighted by Crippen LogP contribution is 2.19. The van der Waals surface area contributed by atoms with Gasteiger partial charge in [-0.05, 0) is 24.6 Å². The number of amides is 1. The van der Waals surface area contributed by atoms with E-state index in [1.54, 1.807) is 12.1 Å². The topological polar surface area (TPSA) is 129 Å². The van der Waals surface area contributed by atoms with E-state index < -0.39 is 29.0 Å². The van der Waals surface area contributed by atoms with Crippen LogP contribution in [0.2, 0.25) is 0 Å². The quantitative estimate of drug-likeness (QED) is 0.293. The van der Waals surface area contributed by atoms with Crippen molar-refractivity contribution < 1.29 is 23.7 Å². The van der Waals surface area contributed by atoms with Crippen LogP contribution in [-0.2, 0) is 16.1 Å². The summed E-state index contributed by atoms with van der Waals surface area (Å²) in [5.41, 5.74) is 1.04. The molecule has 0 atom stereocenters. The van der Waals surface area contributed by atoms with Gasteiger partial charge in [-0.25, -0.2) is 4.79 Å². The largest absolute Gasteiger partial charge is 0.459 e. The lowest BCUT2D eigenvalue weighted by molar-refractivity contribution is -0.384. The Morgan fingerprint density at radius 3 is 2.72 bits per heavy atom. The van der Waals surface area contributed by atoms with Gasteiger partial charge >= 0.3 is 11.6 Å². The molecule has 29 heavy (non-hydrogen) atoms. The second kappa shape index (κ2) is 8.34. The van der Waals surface area contributed by atoms with Crippen LogP contribution in [0.25, 0.3) is 11.0 Å². The Kier molecular flexibility index (Phi) is 5.68. The number of rotatable bonds is 6. The molecule has 0 radical (unpaired) electrons. The Morgan fingerprint density at radius 2 is 1.97 bits per heavy atom. The van der Waals surface area contributed by atoms with Gasteiger partial charge in [0.15, 0.2) is 0 Å². The first-order chi connectivity index (χ1) is 13.8. The molecule has 0 aliphatic heterocycles. The van der Waals surface area contributed by atoms with E-state index in [2.05, 4.69) is 5.32 Å². The Balaban J connectivity index is 1.61. The maximum absolute atomic E-state index is 12.1. The number of ether oxygens (including phenoxy) is 1. The molecule has 0 spiro atoms. The number of hydrogen-bond acceptors (Lipinski definition) is 7. The zero-order chi connectivity index (χ0) is 21.0. The molecule has 1 amide bonds. The minimum absolute atomic E-state index is 0.0500. The second-order valence-electron chi connectivity index (χ2n) is 6.24. The van der Waals surface area contributed by atoms with E-state index in [-0.39, 0.29) is 17.9 Å². The zero-order valence-corrected chi connectivity index (χ0v) is 15.3. The van der Waals surface area contributed by atoms with Crippen LogP contribution in [-0.4, -0.2) is 23.3 Å². The summed E-state index contributed by atoms with van der Waals surface area (Å²) in [6, 6.07) is 11.7. The van der Waals surface area contributed by atoms with Gasteiger partial charge in [0.2, 0.25) is 0 Å². The van der Waals surface area contributed by atoms with Gasteiger partial charge in [-0.3, -0.25) is 19.7 Å². The first kappa shape index (κ1) is 19.7. The standard InChI is InChI=1S/C20H16N2O7/c1-12-5-6-16-14(9-18(23)29-17(16)7-12)11-28-19(24)10-21-20(25)13-3-2-4-15(8-13)22(26)27/h2-9H,10-11H2,1H3,(H,21,25). The number of non-ortho nitro benzene ring substituents is 1. The molecule has 3 rings (SSSR count). The zero-order valence-electron chi connectivity index (χ0n) is 15.3. The molecule has 1 aromatic heterocycles. The molecule has 2 aromatic carbocycles. The number of carbonyl (C=O) groups is 2. The second-order valence-corrected chi connectivity index (χ2v) is 6.24. The lowest BCUT2D eigenvalue weighted by Gasteiger charge is -2.08. The van der Waals surface area contributed by atoms with Crippen LogP contribution in [0.3, 0.4) is 0 Å². The van der Waals surface area contributed by atoms with Crippen molar-refractivity contribution >= 4 is 28.5 Å². The highest BCUT2D eigenvalue weighted by atomic mass is 16.6. The van der Waals surface area contributed by atoms with Crippen LogP contribution in [0.5, 0.6) is 0 Å². The smallest absolute Gasteiger partial charge is 0.336 e. The fourth-order valence-corrected chi connectivity index (χ4v) is 2.68. The molecule has 0 saturated carbocycles. The van der Waals surface area contributed by atoms with Gasteiger partial charge in [-0.15, -0.1) is 0 Å². The number of aryl methyl sites for hydroxylation is 1. The van der Waals surface area contributed by atoms with Crippen molar-refractivity contribution in [2.75, 3.05) is 6.54 Å². The minimum atomic E-state index is -0.725. The van der Waals surface area contributed by atoms with Crippen LogP contribution in [0.15, 0.2) is 57.7 Å². The first-order valence-corrected chi connectivity index (χ1v) is 8.55. The van der Waals surface area contributed by atoms with Crippen molar-refractivity contribution in [3.05, 3.63) is 85.8 Å². The van der Waals surface area contributed by atoms with Crippen molar-refractivity contribution in [1.29, 1.82) is 0 Å². The lowest BCUT2D eigenvalue weighted by atomic mass is 10.1. The summed E-state index contributed by atoms with van der Waals surface area (Å²) in [6.45, 7) is 1.26. The molecule has 0 aliphatic carbocycles. The number of carbonyl (C=O) groups excluding carboxylic acids is 2. The molecule has 148 valence electrons. The molecular formula is C20H16N2O7. The first-order valence-electron chi connectivity index (χ1n) is 8.55. The number of nitro groups is 1. The van der Waals surface area contributed by atoms with Crippen LogP contribution >= 0.6 is 0 Å². The molecule has 0 bridgehead atoms. The summed E-state index contributed by atoms with van der Waals surface area (Å²) in [7, 11) is 0. The van der Waals surface area contributed by atoms with Crippen LogP contribution in [0, 0.1) is 17.0 Å². The molecule has 0 fully saturated rings. The number of fused-ring (bicyclic) bond motifs is 1. The van der Waals surface area contributed by atoms with Crippen molar-refractivity contribution in [3.8, 4) is 0 Å². The van der Waals surface area contributed by atoms with Gasteiger partial charge in [0.05, 0.1) is 4.92 Å². The van der Waals surface area contributed by atoms with Gasteiger partial charge in [0.25, 0.3) is 11.6 Å². The van der Waals surface area contributed by atoms with E-state index in [9.17, 15) is 24.5 Å². The Bertz CT molecular complexity index is 1170. The van der Waals surface area contributed by atoms with E-state index in [0.717, 1.165) is 11.6 Å².